The number of nitrogens with one attached hydrogen (secondary N) is 1. The molecule has 0 aliphatic carbocycles. The number of nitrogens with zero attached hydrogens (tertiary/aromatic N) is 1. The van der Waals surface area contributed by atoms with E-state index in [0.29, 0.717) is 0 Å². The minimum absolute atomic E-state index is 0.108. The van der Waals surface area contributed by atoms with Crippen molar-refractivity contribution in [3.8, 4) is 0 Å². The van der Waals surface area contributed by atoms with E-state index in [1.807, 2.05) is 19.1 Å². The highest BCUT2D eigenvalue weighted by atomic mass is 16.2. The Hall–Kier alpha value is -1.71. The summed E-state index contributed by atoms with van der Waals surface area (Å²) in [6.07, 6.45) is 0.861. The molecule has 1 unspecified atom stereocenters. The highest BCUT2D eigenvalue weighted by Crippen LogP contribution is 2.36. The molecule has 1 aliphatic heterocycles. The lowest BCUT2D eigenvalue weighted by Gasteiger charge is -2.25. The summed E-state index contributed by atoms with van der Waals surface area (Å²) in [5.41, 5.74) is 8.72. The molecule has 4 heteroatoms. The Labute approximate surface area is 108 Å². The first-order valence-corrected chi connectivity index (χ1v) is 6.29. The summed E-state index contributed by atoms with van der Waals surface area (Å²) in [7, 11) is 1.69. The fourth-order valence-electron chi connectivity index (χ4n) is 2.58. The lowest BCUT2D eigenvalue weighted by atomic mass is 9.89. The lowest BCUT2D eigenvalue weighted by molar-refractivity contribution is -0.128. The van der Waals surface area contributed by atoms with Gasteiger partial charge in [0.25, 0.3) is 0 Å². The van der Waals surface area contributed by atoms with Crippen molar-refractivity contribution in [3.63, 3.8) is 0 Å². The quantitative estimate of drug-likeness (QED) is 0.779. The first-order valence-electron chi connectivity index (χ1n) is 6.29. The zero-order valence-corrected chi connectivity index (χ0v) is 11.3. The molecule has 1 fully saturated rings. The van der Waals surface area contributed by atoms with Gasteiger partial charge in [0.05, 0.1) is 16.8 Å². The zero-order valence-electron chi connectivity index (χ0n) is 11.3. The highest BCUT2D eigenvalue weighted by molar-refractivity contribution is 5.84. The van der Waals surface area contributed by atoms with Gasteiger partial charge in [-0.25, -0.2) is 0 Å². The lowest BCUT2D eigenvalue weighted by Crippen LogP contribution is -2.39. The number of carbonyl (C=O) groups excluding carboxylic acids is 1. The van der Waals surface area contributed by atoms with Crippen LogP contribution < -0.4 is 16.0 Å². The second-order valence-electron chi connectivity index (χ2n) is 5.37. The first-order chi connectivity index (χ1) is 8.46. The Morgan fingerprint density at radius 3 is 2.89 bits per heavy atom. The Balaban J connectivity index is 2.23. The number of hydrogen-bond acceptors (Lipinski definition) is 3. The molecule has 0 spiro atoms. The molecule has 0 bridgehead atoms. The Bertz CT molecular complexity index is 472. The molecular formula is C14H21N3O. The third-order valence-corrected chi connectivity index (χ3v) is 3.78. The second kappa shape index (κ2) is 4.52. The van der Waals surface area contributed by atoms with Crippen LogP contribution in [-0.4, -0.2) is 26.0 Å². The third kappa shape index (κ3) is 2.15. The summed E-state index contributed by atoms with van der Waals surface area (Å²) in [5.74, 6) is 0.108. The van der Waals surface area contributed by atoms with Crippen LogP contribution in [0.5, 0.6) is 0 Å². The Morgan fingerprint density at radius 1 is 1.50 bits per heavy atom. The Morgan fingerprint density at radius 2 is 2.22 bits per heavy atom. The van der Waals surface area contributed by atoms with Gasteiger partial charge in [0.1, 0.15) is 0 Å². The van der Waals surface area contributed by atoms with E-state index < -0.39 is 0 Å². The summed E-state index contributed by atoms with van der Waals surface area (Å²) >= 11 is 0. The molecule has 18 heavy (non-hydrogen) atoms. The van der Waals surface area contributed by atoms with Crippen molar-refractivity contribution in [3.05, 3.63) is 23.8 Å². The zero-order chi connectivity index (χ0) is 13.3. The van der Waals surface area contributed by atoms with Crippen LogP contribution in [0.4, 0.5) is 11.4 Å². The largest absolute Gasteiger partial charge is 0.397 e. The number of hydrogen-bond donors (Lipinski definition) is 2. The van der Waals surface area contributed by atoms with Gasteiger partial charge in [-0.05, 0) is 38.0 Å². The molecule has 1 amide bonds. The number of rotatable bonds is 2. The van der Waals surface area contributed by atoms with Gasteiger partial charge >= 0.3 is 0 Å². The topological polar surface area (TPSA) is 58.4 Å². The molecule has 1 heterocycles. The molecule has 1 aliphatic rings. The van der Waals surface area contributed by atoms with Crippen LogP contribution in [-0.2, 0) is 4.79 Å². The molecule has 2 rings (SSSR count). The predicted molar refractivity (Wildman–Crippen MR) is 74.6 cm³/mol. The minimum atomic E-state index is -0.315. The number of carbonyl (C=O) groups is 1. The fraction of sp³-hybridized carbons (Fsp3) is 0.500. The first kappa shape index (κ1) is 12.7. The van der Waals surface area contributed by atoms with Gasteiger partial charge in [0.15, 0.2) is 0 Å². The van der Waals surface area contributed by atoms with Crippen molar-refractivity contribution in [1.29, 1.82) is 0 Å². The standard InChI is InChI=1S/C14H21N3O/c1-10-4-5-11(15)12(8-10)17-7-6-14(2,9-17)13(18)16-3/h4-5,8H,6-7,9,15H2,1-3H3,(H,16,18). The average Bonchev–Trinajstić information content (AvgIpc) is 2.75. The van der Waals surface area contributed by atoms with Gasteiger partial charge in [0, 0.05) is 20.1 Å². The van der Waals surface area contributed by atoms with Gasteiger partial charge in [-0.1, -0.05) is 6.07 Å². The van der Waals surface area contributed by atoms with Crippen LogP contribution >= 0.6 is 0 Å². The summed E-state index contributed by atoms with van der Waals surface area (Å²) < 4.78 is 0. The molecule has 0 radical (unpaired) electrons. The molecule has 1 atom stereocenters. The van der Waals surface area contributed by atoms with E-state index in [1.165, 1.54) is 5.56 Å². The third-order valence-electron chi connectivity index (χ3n) is 3.78. The molecule has 1 saturated heterocycles. The number of benzene rings is 1. The summed E-state index contributed by atoms with van der Waals surface area (Å²) in [6, 6.07) is 6.03. The minimum Gasteiger partial charge on any atom is -0.397 e. The van der Waals surface area contributed by atoms with Crippen molar-refractivity contribution in [2.24, 2.45) is 5.41 Å². The number of amides is 1. The highest BCUT2D eigenvalue weighted by Gasteiger charge is 2.40. The summed E-state index contributed by atoms with van der Waals surface area (Å²) in [4.78, 5) is 14.1. The van der Waals surface area contributed by atoms with E-state index in [-0.39, 0.29) is 11.3 Å². The number of anilines is 2. The van der Waals surface area contributed by atoms with Crippen LogP contribution in [0, 0.1) is 12.3 Å². The van der Waals surface area contributed by atoms with Crippen molar-refractivity contribution < 1.29 is 4.79 Å². The predicted octanol–water partition coefficient (Wildman–Crippen LogP) is 1.54. The SMILES string of the molecule is CNC(=O)C1(C)CCN(c2cc(C)ccc2N)C1. The summed E-state index contributed by atoms with van der Waals surface area (Å²) in [6.45, 7) is 5.66. The van der Waals surface area contributed by atoms with Crippen LogP contribution in [0.25, 0.3) is 0 Å². The van der Waals surface area contributed by atoms with Crippen molar-refractivity contribution >= 4 is 17.3 Å². The molecule has 1 aromatic rings. The van der Waals surface area contributed by atoms with Gasteiger partial charge in [-0.3, -0.25) is 4.79 Å². The smallest absolute Gasteiger partial charge is 0.227 e. The number of nitrogen functional groups attached to an aromatic ring is 1. The number of nitrogens with two attached hydrogens (primary N) is 1. The van der Waals surface area contributed by atoms with Crippen LogP contribution in [0.3, 0.4) is 0 Å². The van der Waals surface area contributed by atoms with Gasteiger partial charge in [-0.15, -0.1) is 0 Å². The van der Waals surface area contributed by atoms with Gasteiger partial charge in [-0.2, -0.15) is 0 Å². The van der Waals surface area contributed by atoms with Crippen LogP contribution in [0.15, 0.2) is 18.2 Å². The molecule has 98 valence electrons. The van der Waals surface area contributed by atoms with Gasteiger partial charge < -0.3 is 16.0 Å². The van der Waals surface area contributed by atoms with Crippen LogP contribution in [0.1, 0.15) is 18.9 Å². The van der Waals surface area contributed by atoms with E-state index in [4.69, 9.17) is 5.73 Å². The average molecular weight is 247 g/mol. The molecule has 0 saturated carbocycles. The fourth-order valence-corrected chi connectivity index (χ4v) is 2.58. The van der Waals surface area contributed by atoms with Crippen molar-refractivity contribution in [2.45, 2.75) is 20.3 Å². The van der Waals surface area contributed by atoms with E-state index in [9.17, 15) is 4.79 Å². The van der Waals surface area contributed by atoms with Crippen LogP contribution in [0.2, 0.25) is 0 Å². The van der Waals surface area contributed by atoms with Gasteiger partial charge in [0.2, 0.25) is 5.91 Å². The van der Waals surface area contributed by atoms with E-state index in [0.717, 1.165) is 30.9 Å². The van der Waals surface area contributed by atoms with E-state index >= 15 is 0 Å². The maximum Gasteiger partial charge on any atom is 0.227 e. The Kier molecular flexibility index (Phi) is 3.20. The van der Waals surface area contributed by atoms with E-state index in [2.05, 4.69) is 23.2 Å². The maximum absolute atomic E-state index is 11.9. The molecular weight excluding hydrogens is 226 g/mol. The van der Waals surface area contributed by atoms with Crippen molar-refractivity contribution in [1.82, 2.24) is 5.32 Å². The number of aryl methyl sites for hydroxylation is 1. The van der Waals surface area contributed by atoms with Crippen molar-refractivity contribution in [2.75, 3.05) is 30.8 Å². The monoisotopic (exact) mass is 247 g/mol. The summed E-state index contributed by atoms with van der Waals surface area (Å²) in [5, 5.41) is 2.75. The maximum atomic E-state index is 11.9. The normalized spacial score (nSPS) is 23.2. The molecule has 1 aromatic carbocycles. The molecule has 3 N–H and O–H groups in total. The van der Waals surface area contributed by atoms with E-state index in [1.54, 1.807) is 7.05 Å². The molecule has 0 aromatic heterocycles. The second-order valence-corrected chi connectivity index (χ2v) is 5.37. The molecule has 4 nitrogen and oxygen atoms in total.